The highest BCUT2D eigenvalue weighted by Gasteiger charge is 2.18. The van der Waals surface area contributed by atoms with Crippen LogP contribution < -0.4 is 15.6 Å². The van der Waals surface area contributed by atoms with Gasteiger partial charge in [0.2, 0.25) is 0 Å². The topological polar surface area (TPSA) is 103 Å². The number of nitrogens with zero attached hydrogens (tertiary/aromatic N) is 1. The fourth-order valence-corrected chi connectivity index (χ4v) is 2.01. The number of ether oxygens (including phenoxy) is 2. The van der Waals surface area contributed by atoms with Gasteiger partial charge in [-0.05, 0) is 39.0 Å². The molecule has 0 saturated heterocycles. The molecule has 8 nitrogen and oxygen atoms in total. The maximum Gasteiger partial charge on any atom is 0.426 e. The minimum Gasteiger partial charge on any atom is -0.496 e. The summed E-state index contributed by atoms with van der Waals surface area (Å²) in [6.07, 6.45) is 0.832. The number of carbonyl (C=O) groups excluding carboxylic acids is 2. The molecule has 1 aromatic heterocycles. The first-order valence-corrected chi connectivity index (χ1v) is 7.60. The monoisotopic (exact) mass is 347 g/mol. The Bertz CT molecular complexity index is 777. The molecule has 2 aromatic rings. The Morgan fingerprint density at radius 1 is 1.20 bits per heavy atom. The molecule has 0 fully saturated rings. The van der Waals surface area contributed by atoms with Crippen LogP contribution in [0, 0.1) is 6.92 Å². The van der Waals surface area contributed by atoms with E-state index in [-0.39, 0.29) is 0 Å². The van der Waals surface area contributed by atoms with Crippen molar-refractivity contribution < 1.29 is 23.5 Å². The summed E-state index contributed by atoms with van der Waals surface area (Å²) < 4.78 is 15.8. The van der Waals surface area contributed by atoms with Crippen LogP contribution in [0.2, 0.25) is 0 Å². The van der Waals surface area contributed by atoms with Gasteiger partial charge in [0, 0.05) is 12.5 Å². The second-order valence-electron chi connectivity index (χ2n) is 6.24. The van der Waals surface area contributed by atoms with Crippen molar-refractivity contribution in [2.24, 2.45) is 0 Å². The molecule has 1 heterocycles. The van der Waals surface area contributed by atoms with Crippen molar-refractivity contribution >= 4 is 12.0 Å². The number of amides is 2. The van der Waals surface area contributed by atoms with E-state index in [0.717, 1.165) is 0 Å². The van der Waals surface area contributed by atoms with Crippen LogP contribution in [-0.4, -0.2) is 29.7 Å². The third-order valence-electron chi connectivity index (χ3n) is 3.03. The predicted octanol–water partition coefficient (Wildman–Crippen LogP) is 2.83. The number of carbonyl (C=O) groups is 2. The van der Waals surface area contributed by atoms with Crippen LogP contribution in [0.4, 0.5) is 4.79 Å². The van der Waals surface area contributed by atoms with Gasteiger partial charge in [0.05, 0.1) is 18.9 Å². The predicted molar refractivity (Wildman–Crippen MR) is 90.1 cm³/mol. The van der Waals surface area contributed by atoms with Gasteiger partial charge in [-0.25, -0.2) is 15.2 Å². The molecule has 1 aromatic carbocycles. The maximum absolute atomic E-state index is 12.2. The second-order valence-corrected chi connectivity index (χ2v) is 6.24. The lowest BCUT2D eigenvalue weighted by atomic mass is 10.1. The number of aryl methyl sites for hydroxylation is 1. The second kappa shape index (κ2) is 7.25. The van der Waals surface area contributed by atoms with Crippen molar-refractivity contribution in [2.45, 2.75) is 33.3 Å². The van der Waals surface area contributed by atoms with Crippen LogP contribution in [0.15, 0.2) is 28.8 Å². The lowest BCUT2D eigenvalue weighted by Crippen LogP contribution is -2.44. The summed E-state index contributed by atoms with van der Waals surface area (Å²) in [6, 6.07) is 4.81. The Morgan fingerprint density at radius 3 is 2.48 bits per heavy atom. The van der Waals surface area contributed by atoms with E-state index in [1.807, 2.05) is 0 Å². The molecule has 25 heavy (non-hydrogen) atoms. The van der Waals surface area contributed by atoms with Crippen LogP contribution in [0.3, 0.4) is 0 Å². The number of benzene rings is 1. The van der Waals surface area contributed by atoms with Gasteiger partial charge in [-0.3, -0.25) is 10.2 Å². The molecule has 0 spiro atoms. The van der Waals surface area contributed by atoms with E-state index < -0.39 is 17.6 Å². The molecule has 0 radical (unpaired) electrons. The first kappa shape index (κ1) is 18.3. The van der Waals surface area contributed by atoms with Gasteiger partial charge in [0.25, 0.3) is 5.91 Å². The smallest absolute Gasteiger partial charge is 0.426 e. The standard InChI is InChI=1S/C17H21N3O5/c1-10-18-9-14(24-10)12-7-6-11(8-13(12)23-5)15(21)19-20-16(22)25-17(2,3)4/h6-9H,1-5H3,(H,19,21)(H,20,22). The Morgan fingerprint density at radius 2 is 1.92 bits per heavy atom. The van der Waals surface area contributed by atoms with Crippen molar-refractivity contribution in [1.29, 1.82) is 0 Å². The first-order chi connectivity index (χ1) is 11.7. The van der Waals surface area contributed by atoms with Crippen molar-refractivity contribution in [1.82, 2.24) is 15.8 Å². The highest BCUT2D eigenvalue weighted by atomic mass is 16.6. The summed E-state index contributed by atoms with van der Waals surface area (Å²) in [7, 11) is 1.49. The molecule has 0 bridgehead atoms. The largest absolute Gasteiger partial charge is 0.496 e. The molecular weight excluding hydrogens is 326 g/mol. The molecule has 2 rings (SSSR count). The van der Waals surface area contributed by atoms with E-state index >= 15 is 0 Å². The Labute approximate surface area is 145 Å². The SMILES string of the molecule is COc1cc(C(=O)NNC(=O)OC(C)(C)C)ccc1-c1cnc(C)o1. The van der Waals surface area contributed by atoms with Gasteiger partial charge in [-0.2, -0.15) is 0 Å². The number of hydrogen-bond acceptors (Lipinski definition) is 6. The van der Waals surface area contributed by atoms with Crippen molar-refractivity contribution in [3.63, 3.8) is 0 Å². The average molecular weight is 347 g/mol. The van der Waals surface area contributed by atoms with Gasteiger partial charge in [0.15, 0.2) is 11.7 Å². The molecule has 0 unspecified atom stereocenters. The van der Waals surface area contributed by atoms with Gasteiger partial charge < -0.3 is 13.9 Å². The lowest BCUT2D eigenvalue weighted by molar-refractivity contribution is 0.0483. The van der Waals surface area contributed by atoms with E-state index in [1.54, 1.807) is 52.1 Å². The number of nitrogens with one attached hydrogen (secondary N) is 2. The summed E-state index contributed by atoms with van der Waals surface area (Å²) in [4.78, 5) is 27.8. The number of aromatic nitrogens is 1. The van der Waals surface area contributed by atoms with Crippen LogP contribution in [0.5, 0.6) is 5.75 Å². The van der Waals surface area contributed by atoms with Crippen LogP contribution >= 0.6 is 0 Å². The van der Waals surface area contributed by atoms with Gasteiger partial charge >= 0.3 is 6.09 Å². The molecule has 0 saturated carbocycles. The van der Waals surface area contributed by atoms with Crippen molar-refractivity contribution in [2.75, 3.05) is 7.11 Å². The first-order valence-electron chi connectivity index (χ1n) is 7.60. The summed E-state index contributed by atoms with van der Waals surface area (Å²) in [5, 5.41) is 0. The van der Waals surface area contributed by atoms with E-state index in [1.165, 1.54) is 7.11 Å². The third-order valence-corrected chi connectivity index (χ3v) is 3.03. The van der Waals surface area contributed by atoms with E-state index in [4.69, 9.17) is 13.9 Å². The van der Waals surface area contributed by atoms with Gasteiger partial charge in [0.1, 0.15) is 11.4 Å². The lowest BCUT2D eigenvalue weighted by Gasteiger charge is -2.19. The van der Waals surface area contributed by atoms with E-state index in [9.17, 15) is 9.59 Å². The van der Waals surface area contributed by atoms with Crippen LogP contribution in [0.25, 0.3) is 11.3 Å². The molecule has 0 aliphatic carbocycles. The molecule has 0 atom stereocenters. The zero-order valence-electron chi connectivity index (χ0n) is 14.8. The molecule has 134 valence electrons. The normalized spacial score (nSPS) is 10.9. The average Bonchev–Trinajstić information content (AvgIpc) is 2.96. The number of rotatable bonds is 3. The Balaban J connectivity index is 2.09. The van der Waals surface area contributed by atoms with E-state index in [2.05, 4.69) is 15.8 Å². The Hall–Kier alpha value is -3.03. The summed E-state index contributed by atoms with van der Waals surface area (Å²) >= 11 is 0. The summed E-state index contributed by atoms with van der Waals surface area (Å²) in [5.74, 6) is 0.999. The minimum atomic E-state index is -0.749. The van der Waals surface area contributed by atoms with Crippen molar-refractivity contribution in [3.8, 4) is 17.1 Å². The zero-order chi connectivity index (χ0) is 18.6. The molecule has 2 amide bonds. The zero-order valence-corrected chi connectivity index (χ0v) is 14.8. The third kappa shape index (κ3) is 4.97. The Kier molecular flexibility index (Phi) is 5.31. The highest BCUT2D eigenvalue weighted by molar-refractivity contribution is 5.96. The molecule has 0 aliphatic heterocycles. The fourth-order valence-electron chi connectivity index (χ4n) is 2.01. The quantitative estimate of drug-likeness (QED) is 0.828. The number of hydrogen-bond donors (Lipinski definition) is 2. The molecule has 0 aliphatic rings. The maximum atomic E-state index is 12.2. The minimum absolute atomic E-state index is 0.299. The number of methoxy groups -OCH3 is 1. The summed E-state index contributed by atoms with van der Waals surface area (Å²) in [5.41, 5.74) is 4.78. The number of oxazole rings is 1. The van der Waals surface area contributed by atoms with Crippen molar-refractivity contribution in [3.05, 3.63) is 35.9 Å². The molecule has 2 N–H and O–H groups in total. The highest BCUT2D eigenvalue weighted by Crippen LogP contribution is 2.31. The van der Waals surface area contributed by atoms with Crippen LogP contribution in [0.1, 0.15) is 37.0 Å². The van der Waals surface area contributed by atoms with Gasteiger partial charge in [-0.1, -0.05) is 0 Å². The number of hydrazine groups is 1. The van der Waals surface area contributed by atoms with Crippen LogP contribution in [-0.2, 0) is 4.74 Å². The summed E-state index contributed by atoms with van der Waals surface area (Å²) in [6.45, 7) is 6.91. The van der Waals surface area contributed by atoms with Gasteiger partial charge in [-0.15, -0.1) is 0 Å². The fraction of sp³-hybridized carbons (Fsp3) is 0.353. The van der Waals surface area contributed by atoms with E-state index in [0.29, 0.717) is 28.5 Å². The molecular formula is C17H21N3O5. The molecule has 8 heteroatoms.